The zero-order valence-corrected chi connectivity index (χ0v) is 19.1. The molecule has 0 aromatic heterocycles. The van der Waals surface area contributed by atoms with E-state index in [1.165, 1.54) is 39.2 Å². The van der Waals surface area contributed by atoms with Crippen LogP contribution >= 0.6 is 0 Å². The van der Waals surface area contributed by atoms with Crippen molar-refractivity contribution >= 4 is 11.8 Å². The van der Waals surface area contributed by atoms with E-state index in [1.807, 2.05) is 0 Å². The molecular weight excluding hydrogens is 374 g/mol. The summed E-state index contributed by atoms with van der Waals surface area (Å²) in [4.78, 5) is 24.0. The summed E-state index contributed by atoms with van der Waals surface area (Å²) in [5.41, 5.74) is 0.757. The number of allylic oxidation sites excluding steroid dienone is 2. The van der Waals surface area contributed by atoms with Crippen molar-refractivity contribution in [2.75, 3.05) is 7.11 Å². The molecule has 0 amide bonds. The number of nitriles is 1. The number of esters is 1. The molecule has 4 heteroatoms. The normalized spacial score (nSPS) is 43.5. The fourth-order valence-electron chi connectivity index (χ4n) is 8.46. The SMILES string of the molecule is COC(=O)CC[C@@H](C)C1CCC2C3CCC4CC(=O)C(C#N)=CC4(C)C3CCC21C. The molecule has 0 aromatic rings. The molecule has 3 fully saturated rings. The summed E-state index contributed by atoms with van der Waals surface area (Å²) < 4.78 is 4.86. The molecule has 0 spiro atoms. The molecule has 4 rings (SSSR count). The molecule has 0 aromatic carbocycles. The Kier molecular flexibility index (Phi) is 5.62. The third-order valence-electron chi connectivity index (χ3n) is 10.1. The zero-order valence-electron chi connectivity index (χ0n) is 19.1. The molecule has 0 radical (unpaired) electrons. The number of Topliss-reactive ketones (excluding diaryl/α,β-unsaturated/α-hetero) is 1. The summed E-state index contributed by atoms with van der Waals surface area (Å²) in [7, 11) is 1.48. The van der Waals surface area contributed by atoms with E-state index < -0.39 is 0 Å². The Hall–Kier alpha value is -1.63. The standard InChI is InChI=1S/C26H37NO3/c1-16(5-10-24(29)30-4)20-8-9-21-19-7-6-18-13-23(28)17(15-27)14-26(18,3)22(19)11-12-25(20,21)2/h14,16,18-22H,5-13H2,1-4H3/t16-,18?,19?,20?,21?,22?,25?,26?/m1/s1. The second kappa shape index (κ2) is 7.81. The van der Waals surface area contributed by atoms with Crippen LogP contribution in [0.3, 0.4) is 0 Å². The number of carbonyl (C=O) groups is 2. The van der Waals surface area contributed by atoms with E-state index in [9.17, 15) is 14.9 Å². The Balaban J connectivity index is 1.55. The van der Waals surface area contributed by atoms with E-state index in [-0.39, 0.29) is 17.2 Å². The first kappa shape index (κ1) is 21.6. The second-order valence-electron chi connectivity index (χ2n) is 11.1. The summed E-state index contributed by atoms with van der Waals surface area (Å²) >= 11 is 0. The molecule has 0 N–H and O–H groups in total. The highest BCUT2D eigenvalue weighted by Gasteiger charge is 2.60. The first-order chi connectivity index (χ1) is 14.2. The summed E-state index contributed by atoms with van der Waals surface area (Å²) in [6.07, 6.45) is 11.4. The van der Waals surface area contributed by atoms with Gasteiger partial charge >= 0.3 is 5.97 Å². The van der Waals surface area contributed by atoms with Gasteiger partial charge in [-0.2, -0.15) is 5.26 Å². The molecular formula is C26H37NO3. The van der Waals surface area contributed by atoms with Gasteiger partial charge in [-0.3, -0.25) is 9.59 Å². The van der Waals surface area contributed by atoms with E-state index in [1.54, 1.807) is 0 Å². The molecule has 7 unspecified atom stereocenters. The molecule has 164 valence electrons. The molecule has 4 aliphatic carbocycles. The van der Waals surface area contributed by atoms with Gasteiger partial charge in [0.1, 0.15) is 6.07 Å². The van der Waals surface area contributed by atoms with Crippen LogP contribution in [0.2, 0.25) is 0 Å². The van der Waals surface area contributed by atoms with E-state index in [2.05, 4.69) is 32.9 Å². The van der Waals surface area contributed by atoms with Crippen LogP contribution < -0.4 is 0 Å². The first-order valence-electron chi connectivity index (χ1n) is 12.0. The van der Waals surface area contributed by atoms with Crippen LogP contribution in [0.25, 0.3) is 0 Å². The Labute approximate surface area is 181 Å². The summed E-state index contributed by atoms with van der Waals surface area (Å²) in [6, 6.07) is 2.18. The predicted molar refractivity (Wildman–Crippen MR) is 115 cm³/mol. The Morgan fingerprint density at radius 3 is 2.70 bits per heavy atom. The maximum atomic E-state index is 12.3. The maximum absolute atomic E-state index is 12.3. The van der Waals surface area contributed by atoms with Gasteiger partial charge in [0.25, 0.3) is 0 Å². The number of hydrogen-bond donors (Lipinski definition) is 0. The van der Waals surface area contributed by atoms with Crippen molar-refractivity contribution in [3.63, 3.8) is 0 Å². The van der Waals surface area contributed by atoms with Gasteiger partial charge in [-0.25, -0.2) is 0 Å². The molecule has 3 saturated carbocycles. The third kappa shape index (κ3) is 3.24. The summed E-state index contributed by atoms with van der Waals surface area (Å²) in [6.45, 7) is 7.20. The summed E-state index contributed by atoms with van der Waals surface area (Å²) in [5, 5.41) is 9.48. The molecule has 0 bridgehead atoms. The van der Waals surface area contributed by atoms with Gasteiger partial charge in [-0.1, -0.05) is 26.8 Å². The van der Waals surface area contributed by atoms with Crippen molar-refractivity contribution in [2.24, 2.45) is 46.3 Å². The minimum absolute atomic E-state index is 0.00218. The fourth-order valence-corrected chi connectivity index (χ4v) is 8.46. The monoisotopic (exact) mass is 411 g/mol. The highest BCUT2D eigenvalue weighted by molar-refractivity contribution is 6.00. The maximum Gasteiger partial charge on any atom is 0.305 e. The molecule has 8 atom stereocenters. The smallest absolute Gasteiger partial charge is 0.305 e. The zero-order chi connectivity index (χ0) is 21.7. The number of fused-ring (bicyclic) bond motifs is 5. The number of ketones is 1. The Morgan fingerprint density at radius 2 is 2.00 bits per heavy atom. The second-order valence-corrected chi connectivity index (χ2v) is 11.1. The molecule has 0 aliphatic heterocycles. The van der Waals surface area contributed by atoms with Gasteiger partial charge in [0.15, 0.2) is 5.78 Å². The average Bonchev–Trinajstić information content (AvgIpc) is 3.09. The van der Waals surface area contributed by atoms with Gasteiger partial charge in [0.2, 0.25) is 0 Å². The van der Waals surface area contributed by atoms with Crippen LogP contribution in [-0.4, -0.2) is 18.9 Å². The lowest BCUT2D eigenvalue weighted by Gasteiger charge is -2.59. The van der Waals surface area contributed by atoms with Crippen LogP contribution in [0.4, 0.5) is 0 Å². The number of ether oxygens (including phenoxy) is 1. The molecule has 0 heterocycles. The Morgan fingerprint density at radius 1 is 1.23 bits per heavy atom. The van der Waals surface area contributed by atoms with E-state index in [0.29, 0.717) is 53.4 Å². The largest absolute Gasteiger partial charge is 0.469 e. The van der Waals surface area contributed by atoms with Crippen LogP contribution in [0.15, 0.2) is 11.6 Å². The van der Waals surface area contributed by atoms with Crippen LogP contribution in [0.1, 0.15) is 78.6 Å². The number of methoxy groups -OCH3 is 1. The molecule has 0 saturated heterocycles. The number of carbonyl (C=O) groups excluding carboxylic acids is 2. The first-order valence-corrected chi connectivity index (χ1v) is 12.0. The number of hydrogen-bond acceptors (Lipinski definition) is 4. The lowest BCUT2D eigenvalue weighted by atomic mass is 9.45. The predicted octanol–water partition coefficient (Wildman–Crippen LogP) is 5.47. The van der Waals surface area contributed by atoms with E-state index >= 15 is 0 Å². The number of nitrogens with zero attached hydrogens (tertiary/aromatic N) is 1. The number of rotatable bonds is 4. The van der Waals surface area contributed by atoms with Gasteiger partial charge in [0.05, 0.1) is 12.7 Å². The van der Waals surface area contributed by atoms with Crippen molar-refractivity contribution in [2.45, 2.75) is 78.6 Å². The van der Waals surface area contributed by atoms with Crippen molar-refractivity contribution in [1.82, 2.24) is 0 Å². The Bertz CT molecular complexity index is 795. The fraction of sp³-hybridized carbons (Fsp3) is 0.808. The van der Waals surface area contributed by atoms with Gasteiger partial charge < -0.3 is 4.74 Å². The van der Waals surface area contributed by atoms with Crippen molar-refractivity contribution in [1.29, 1.82) is 5.26 Å². The topological polar surface area (TPSA) is 67.2 Å². The average molecular weight is 412 g/mol. The van der Waals surface area contributed by atoms with Gasteiger partial charge in [-0.15, -0.1) is 0 Å². The minimum atomic E-state index is -0.0940. The highest BCUT2D eigenvalue weighted by Crippen LogP contribution is 2.67. The molecule has 4 aliphatic rings. The van der Waals surface area contributed by atoms with E-state index in [0.717, 1.165) is 18.8 Å². The van der Waals surface area contributed by atoms with E-state index in [4.69, 9.17) is 4.74 Å². The van der Waals surface area contributed by atoms with Gasteiger partial charge in [0, 0.05) is 12.8 Å². The lowest BCUT2D eigenvalue weighted by molar-refractivity contribution is -0.141. The quantitative estimate of drug-likeness (QED) is 0.575. The molecule has 4 nitrogen and oxygen atoms in total. The van der Waals surface area contributed by atoms with Crippen molar-refractivity contribution < 1.29 is 14.3 Å². The highest BCUT2D eigenvalue weighted by atomic mass is 16.5. The van der Waals surface area contributed by atoms with Crippen LogP contribution in [0.5, 0.6) is 0 Å². The van der Waals surface area contributed by atoms with Crippen molar-refractivity contribution in [3.05, 3.63) is 11.6 Å². The third-order valence-corrected chi connectivity index (χ3v) is 10.1. The minimum Gasteiger partial charge on any atom is -0.469 e. The van der Waals surface area contributed by atoms with Crippen LogP contribution in [-0.2, 0) is 14.3 Å². The van der Waals surface area contributed by atoms with Crippen molar-refractivity contribution in [3.8, 4) is 6.07 Å². The van der Waals surface area contributed by atoms with Gasteiger partial charge in [-0.05, 0) is 91.3 Å². The van der Waals surface area contributed by atoms with Crippen LogP contribution in [0, 0.1) is 57.7 Å². The molecule has 30 heavy (non-hydrogen) atoms. The summed E-state index contributed by atoms with van der Waals surface area (Å²) in [5.74, 6) is 3.61. The lowest BCUT2D eigenvalue weighted by Crippen LogP contribution is -2.53.